The maximum atomic E-state index is 12.5. The molecule has 6 heteroatoms. The summed E-state index contributed by atoms with van der Waals surface area (Å²) in [5.74, 6) is 0.201. The lowest BCUT2D eigenvalue weighted by Crippen LogP contribution is -2.27. The summed E-state index contributed by atoms with van der Waals surface area (Å²) in [6.45, 7) is 0.459. The second kappa shape index (κ2) is 5.30. The highest BCUT2D eigenvalue weighted by Crippen LogP contribution is 2.42. The number of halogens is 3. The molecule has 1 aliphatic rings. The van der Waals surface area contributed by atoms with Crippen LogP contribution in [0.5, 0.6) is 0 Å². The molecule has 2 rings (SSSR count). The summed E-state index contributed by atoms with van der Waals surface area (Å²) in [4.78, 5) is 4.08. The fourth-order valence-corrected chi connectivity index (χ4v) is 2.46. The number of aromatic nitrogens is 1. The molecule has 3 nitrogen and oxygen atoms in total. The SMILES string of the molecule is NCCc1ncc(C2CCC(C(F)(F)F)CC2)o1. The smallest absolute Gasteiger partial charge is 0.391 e. The van der Waals surface area contributed by atoms with Gasteiger partial charge in [0.1, 0.15) is 5.76 Å². The summed E-state index contributed by atoms with van der Waals surface area (Å²) in [6, 6.07) is 0. The molecule has 2 N–H and O–H groups in total. The van der Waals surface area contributed by atoms with Crippen molar-refractivity contribution in [2.24, 2.45) is 11.7 Å². The van der Waals surface area contributed by atoms with Gasteiger partial charge in [0.15, 0.2) is 5.89 Å². The van der Waals surface area contributed by atoms with Crippen molar-refractivity contribution in [3.63, 3.8) is 0 Å². The van der Waals surface area contributed by atoms with Gasteiger partial charge in [-0.25, -0.2) is 4.98 Å². The van der Waals surface area contributed by atoms with E-state index in [1.165, 1.54) is 0 Å². The van der Waals surface area contributed by atoms with E-state index in [9.17, 15) is 13.2 Å². The maximum Gasteiger partial charge on any atom is 0.391 e. The molecular formula is C12H17F3N2O. The molecule has 0 spiro atoms. The molecular weight excluding hydrogens is 245 g/mol. The van der Waals surface area contributed by atoms with Crippen LogP contribution >= 0.6 is 0 Å². The fourth-order valence-electron chi connectivity index (χ4n) is 2.46. The molecule has 18 heavy (non-hydrogen) atoms. The Morgan fingerprint density at radius 3 is 2.50 bits per heavy atom. The molecule has 0 aromatic carbocycles. The number of nitrogens with two attached hydrogens (primary N) is 1. The highest BCUT2D eigenvalue weighted by molar-refractivity contribution is 5.04. The summed E-state index contributed by atoms with van der Waals surface area (Å²) < 4.78 is 43.1. The van der Waals surface area contributed by atoms with E-state index in [1.54, 1.807) is 6.20 Å². The minimum Gasteiger partial charge on any atom is -0.445 e. The molecule has 102 valence electrons. The van der Waals surface area contributed by atoms with Crippen LogP contribution in [0.25, 0.3) is 0 Å². The Morgan fingerprint density at radius 1 is 1.28 bits per heavy atom. The van der Waals surface area contributed by atoms with Crippen LogP contribution in [0.1, 0.15) is 43.3 Å². The van der Waals surface area contributed by atoms with Crippen molar-refractivity contribution >= 4 is 0 Å². The molecule has 1 aromatic heterocycles. The number of alkyl halides is 3. The molecule has 0 bridgehead atoms. The van der Waals surface area contributed by atoms with Crippen molar-refractivity contribution in [2.75, 3.05) is 6.54 Å². The van der Waals surface area contributed by atoms with Crippen LogP contribution in [0.3, 0.4) is 0 Å². The van der Waals surface area contributed by atoms with Gasteiger partial charge in [-0.05, 0) is 25.7 Å². The molecule has 0 radical (unpaired) electrons. The normalized spacial score (nSPS) is 25.3. The topological polar surface area (TPSA) is 52.0 Å². The zero-order valence-electron chi connectivity index (χ0n) is 10.0. The second-order valence-electron chi connectivity index (χ2n) is 4.79. The predicted octanol–water partition coefficient (Wildman–Crippen LogP) is 3.01. The van der Waals surface area contributed by atoms with Crippen molar-refractivity contribution in [3.05, 3.63) is 17.8 Å². The lowest BCUT2D eigenvalue weighted by molar-refractivity contribution is -0.182. The predicted molar refractivity (Wildman–Crippen MR) is 60.0 cm³/mol. The Morgan fingerprint density at radius 2 is 1.94 bits per heavy atom. The first-order valence-electron chi connectivity index (χ1n) is 6.22. The summed E-state index contributed by atoms with van der Waals surface area (Å²) in [6.07, 6.45) is -0.469. The maximum absolute atomic E-state index is 12.5. The van der Waals surface area contributed by atoms with Crippen LogP contribution in [0, 0.1) is 5.92 Å². The Balaban J connectivity index is 1.92. The Hall–Kier alpha value is -1.04. The second-order valence-corrected chi connectivity index (χ2v) is 4.79. The molecule has 1 aromatic rings. The van der Waals surface area contributed by atoms with Gasteiger partial charge in [0.2, 0.25) is 0 Å². The summed E-state index contributed by atoms with van der Waals surface area (Å²) in [5.41, 5.74) is 5.39. The fraction of sp³-hybridized carbons (Fsp3) is 0.750. The number of hydrogen-bond donors (Lipinski definition) is 1. The standard InChI is InChI=1S/C12H17F3N2O/c13-12(14,15)9-3-1-8(2-4-9)10-7-17-11(18-10)5-6-16/h7-9H,1-6,16H2. The molecule has 1 saturated carbocycles. The quantitative estimate of drug-likeness (QED) is 0.911. The number of oxazole rings is 1. The number of nitrogens with zero attached hydrogens (tertiary/aromatic N) is 1. The van der Waals surface area contributed by atoms with Gasteiger partial charge in [-0.3, -0.25) is 0 Å². The van der Waals surface area contributed by atoms with E-state index in [-0.39, 0.29) is 18.8 Å². The Kier molecular flexibility index (Phi) is 3.94. The van der Waals surface area contributed by atoms with Crippen molar-refractivity contribution in [1.29, 1.82) is 0 Å². The Bertz CT molecular complexity index is 381. The van der Waals surface area contributed by atoms with E-state index in [4.69, 9.17) is 10.2 Å². The minimum absolute atomic E-state index is 0.0719. The highest BCUT2D eigenvalue weighted by atomic mass is 19.4. The van der Waals surface area contributed by atoms with E-state index in [1.807, 2.05) is 0 Å². The lowest BCUT2D eigenvalue weighted by atomic mass is 9.81. The van der Waals surface area contributed by atoms with Crippen LogP contribution in [0.4, 0.5) is 13.2 Å². The van der Waals surface area contributed by atoms with Gasteiger partial charge in [-0.15, -0.1) is 0 Å². The van der Waals surface area contributed by atoms with Crippen LogP contribution in [-0.2, 0) is 6.42 Å². The summed E-state index contributed by atoms with van der Waals surface area (Å²) >= 11 is 0. The van der Waals surface area contributed by atoms with E-state index in [2.05, 4.69) is 4.98 Å². The molecule has 0 aliphatic heterocycles. The summed E-state index contributed by atoms with van der Waals surface area (Å²) in [5, 5.41) is 0. The van der Waals surface area contributed by atoms with Crippen molar-refractivity contribution in [2.45, 2.75) is 44.2 Å². The zero-order valence-corrected chi connectivity index (χ0v) is 10.0. The average Bonchev–Trinajstić information content (AvgIpc) is 2.77. The largest absolute Gasteiger partial charge is 0.445 e. The van der Waals surface area contributed by atoms with Crippen LogP contribution in [0.15, 0.2) is 10.6 Å². The van der Waals surface area contributed by atoms with Gasteiger partial charge < -0.3 is 10.2 Å². The van der Waals surface area contributed by atoms with E-state index >= 15 is 0 Å². The van der Waals surface area contributed by atoms with Gasteiger partial charge in [0.25, 0.3) is 0 Å². The first kappa shape index (κ1) is 13.4. The zero-order chi connectivity index (χ0) is 13.2. The minimum atomic E-state index is -4.06. The molecule has 1 fully saturated rings. The Labute approximate surface area is 104 Å². The highest BCUT2D eigenvalue weighted by Gasteiger charge is 2.42. The summed E-state index contributed by atoms with van der Waals surface area (Å²) in [7, 11) is 0. The van der Waals surface area contributed by atoms with E-state index in [0.29, 0.717) is 37.5 Å². The van der Waals surface area contributed by atoms with E-state index < -0.39 is 12.1 Å². The molecule has 0 atom stereocenters. The van der Waals surface area contributed by atoms with Gasteiger partial charge in [0.05, 0.1) is 12.1 Å². The third kappa shape index (κ3) is 3.04. The van der Waals surface area contributed by atoms with Crippen molar-refractivity contribution in [3.8, 4) is 0 Å². The number of rotatable bonds is 3. The molecule has 0 unspecified atom stereocenters. The molecule has 0 saturated heterocycles. The van der Waals surface area contributed by atoms with Crippen LogP contribution in [0.2, 0.25) is 0 Å². The lowest BCUT2D eigenvalue weighted by Gasteiger charge is -2.28. The van der Waals surface area contributed by atoms with Gasteiger partial charge in [-0.2, -0.15) is 13.2 Å². The third-order valence-electron chi connectivity index (χ3n) is 3.52. The molecule has 1 heterocycles. The molecule has 1 aliphatic carbocycles. The van der Waals surface area contributed by atoms with E-state index in [0.717, 1.165) is 0 Å². The average molecular weight is 262 g/mol. The first-order valence-corrected chi connectivity index (χ1v) is 6.22. The van der Waals surface area contributed by atoms with Crippen molar-refractivity contribution < 1.29 is 17.6 Å². The third-order valence-corrected chi connectivity index (χ3v) is 3.52. The van der Waals surface area contributed by atoms with Crippen LogP contribution < -0.4 is 5.73 Å². The van der Waals surface area contributed by atoms with Crippen molar-refractivity contribution in [1.82, 2.24) is 4.98 Å². The van der Waals surface area contributed by atoms with Gasteiger partial charge in [0, 0.05) is 18.9 Å². The molecule has 0 amide bonds. The van der Waals surface area contributed by atoms with Gasteiger partial charge >= 0.3 is 6.18 Å². The van der Waals surface area contributed by atoms with Gasteiger partial charge in [-0.1, -0.05) is 0 Å². The van der Waals surface area contributed by atoms with Crippen LogP contribution in [-0.4, -0.2) is 17.7 Å². The monoisotopic (exact) mass is 262 g/mol. The first-order chi connectivity index (χ1) is 8.50. The number of hydrogen-bond acceptors (Lipinski definition) is 3.